The molecule has 0 saturated heterocycles. The predicted octanol–water partition coefficient (Wildman–Crippen LogP) is 4.55. The zero-order valence-corrected chi connectivity index (χ0v) is 14.7. The summed E-state index contributed by atoms with van der Waals surface area (Å²) >= 11 is 0. The van der Waals surface area contributed by atoms with Gasteiger partial charge < -0.3 is 14.3 Å². The maximum absolute atomic E-state index is 12.9. The number of aryl methyl sites for hydroxylation is 2. The van der Waals surface area contributed by atoms with E-state index in [0.29, 0.717) is 23.6 Å². The van der Waals surface area contributed by atoms with Crippen molar-refractivity contribution in [2.24, 2.45) is 0 Å². The molecule has 0 spiro atoms. The second kappa shape index (κ2) is 6.52. The first-order valence-corrected chi connectivity index (χ1v) is 8.47. The lowest BCUT2D eigenvalue weighted by atomic mass is 10.1. The molecule has 0 atom stereocenters. The highest BCUT2D eigenvalue weighted by Crippen LogP contribution is 2.24. The number of nitrogens with one attached hydrogen (secondary N) is 1. The van der Waals surface area contributed by atoms with Gasteiger partial charge in [-0.2, -0.15) is 0 Å². The van der Waals surface area contributed by atoms with E-state index in [1.54, 1.807) is 18.5 Å². The Morgan fingerprint density at radius 1 is 1.12 bits per heavy atom. The fraction of sp³-hybridized carbons (Fsp3) is 0.143. The van der Waals surface area contributed by atoms with Crippen LogP contribution in [-0.4, -0.2) is 15.5 Å². The molecule has 0 unspecified atom stereocenters. The Morgan fingerprint density at radius 3 is 2.73 bits per heavy atom. The second-order valence-electron chi connectivity index (χ2n) is 6.34. The SMILES string of the molecule is Cc1ccccc1Cn1c(C(=O)Nc2ncccc2C)cc2occc21. The van der Waals surface area contributed by atoms with Crippen molar-refractivity contribution in [2.75, 3.05) is 5.32 Å². The molecule has 0 saturated carbocycles. The summed E-state index contributed by atoms with van der Waals surface area (Å²) in [7, 11) is 0. The first-order chi connectivity index (χ1) is 12.6. The van der Waals surface area contributed by atoms with E-state index in [1.807, 2.05) is 41.8 Å². The lowest BCUT2D eigenvalue weighted by Gasteiger charge is -2.12. The van der Waals surface area contributed by atoms with Crippen molar-refractivity contribution in [1.82, 2.24) is 9.55 Å². The quantitative estimate of drug-likeness (QED) is 0.590. The Morgan fingerprint density at radius 2 is 1.92 bits per heavy atom. The molecule has 1 amide bonds. The van der Waals surface area contributed by atoms with Crippen molar-refractivity contribution in [3.63, 3.8) is 0 Å². The molecule has 0 aliphatic carbocycles. The van der Waals surface area contributed by atoms with Gasteiger partial charge in [0.15, 0.2) is 5.58 Å². The van der Waals surface area contributed by atoms with E-state index in [1.165, 1.54) is 5.56 Å². The Balaban J connectivity index is 1.73. The van der Waals surface area contributed by atoms with Crippen LogP contribution < -0.4 is 5.32 Å². The van der Waals surface area contributed by atoms with Gasteiger partial charge in [0.1, 0.15) is 11.5 Å². The number of nitrogens with zero attached hydrogens (tertiary/aromatic N) is 2. The number of anilines is 1. The van der Waals surface area contributed by atoms with Gasteiger partial charge in [0.2, 0.25) is 0 Å². The number of fused-ring (bicyclic) bond motifs is 1. The predicted molar refractivity (Wildman–Crippen MR) is 101 cm³/mol. The van der Waals surface area contributed by atoms with Gasteiger partial charge in [-0.3, -0.25) is 4.79 Å². The summed E-state index contributed by atoms with van der Waals surface area (Å²) in [5.41, 5.74) is 5.41. The summed E-state index contributed by atoms with van der Waals surface area (Å²) in [6.07, 6.45) is 3.31. The number of rotatable bonds is 4. The van der Waals surface area contributed by atoms with Crippen LogP contribution in [0.25, 0.3) is 11.1 Å². The van der Waals surface area contributed by atoms with Crippen LogP contribution in [0.4, 0.5) is 5.82 Å². The zero-order valence-electron chi connectivity index (χ0n) is 14.7. The lowest BCUT2D eigenvalue weighted by Crippen LogP contribution is -2.19. The Labute approximate surface area is 151 Å². The molecular weight excluding hydrogens is 326 g/mol. The number of pyridine rings is 1. The highest BCUT2D eigenvalue weighted by atomic mass is 16.3. The van der Waals surface area contributed by atoms with E-state index in [9.17, 15) is 4.79 Å². The smallest absolute Gasteiger partial charge is 0.273 e. The molecular formula is C21H19N3O2. The van der Waals surface area contributed by atoms with Crippen molar-refractivity contribution in [3.8, 4) is 0 Å². The monoisotopic (exact) mass is 345 g/mol. The molecule has 3 aromatic heterocycles. The topological polar surface area (TPSA) is 60.1 Å². The molecule has 130 valence electrons. The van der Waals surface area contributed by atoms with Crippen LogP contribution in [0.5, 0.6) is 0 Å². The van der Waals surface area contributed by atoms with Gasteiger partial charge in [-0.05, 0) is 36.6 Å². The minimum Gasteiger partial charge on any atom is -0.463 e. The average Bonchev–Trinajstić information content (AvgIpc) is 3.21. The number of carbonyl (C=O) groups is 1. The van der Waals surface area contributed by atoms with Crippen LogP contribution in [0, 0.1) is 13.8 Å². The first kappa shape index (κ1) is 16.1. The number of hydrogen-bond donors (Lipinski definition) is 1. The molecule has 0 bridgehead atoms. The molecule has 1 N–H and O–H groups in total. The summed E-state index contributed by atoms with van der Waals surface area (Å²) in [6.45, 7) is 4.59. The van der Waals surface area contributed by atoms with E-state index in [2.05, 4.69) is 29.4 Å². The molecule has 5 heteroatoms. The van der Waals surface area contributed by atoms with Crippen LogP contribution >= 0.6 is 0 Å². The number of carbonyl (C=O) groups excluding carboxylic acids is 1. The largest absolute Gasteiger partial charge is 0.463 e. The van der Waals surface area contributed by atoms with Crippen LogP contribution in [0.15, 0.2) is 65.4 Å². The van der Waals surface area contributed by atoms with E-state index in [0.717, 1.165) is 16.6 Å². The van der Waals surface area contributed by atoms with Gasteiger partial charge in [0, 0.05) is 24.9 Å². The Bertz CT molecular complexity index is 1090. The van der Waals surface area contributed by atoms with Gasteiger partial charge in [-0.15, -0.1) is 0 Å². The van der Waals surface area contributed by atoms with Crippen molar-refractivity contribution >= 4 is 22.8 Å². The van der Waals surface area contributed by atoms with Crippen LogP contribution in [0.2, 0.25) is 0 Å². The molecule has 0 fully saturated rings. The van der Waals surface area contributed by atoms with Crippen LogP contribution in [0.1, 0.15) is 27.2 Å². The minimum atomic E-state index is -0.202. The summed E-state index contributed by atoms with van der Waals surface area (Å²) in [4.78, 5) is 17.2. The third kappa shape index (κ3) is 2.88. The summed E-state index contributed by atoms with van der Waals surface area (Å²) in [6, 6.07) is 15.6. The van der Waals surface area contributed by atoms with Crippen molar-refractivity contribution < 1.29 is 9.21 Å². The third-order valence-electron chi connectivity index (χ3n) is 4.59. The van der Waals surface area contributed by atoms with E-state index < -0.39 is 0 Å². The van der Waals surface area contributed by atoms with Crippen molar-refractivity contribution in [3.05, 3.63) is 83.4 Å². The van der Waals surface area contributed by atoms with Gasteiger partial charge in [-0.1, -0.05) is 30.3 Å². The van der Waals surface area contributed by atoms with E-state index in [4.69, 9.17) is 4.42 Å². The molecule has 3 heterocycles. The highest BCUT2D eigenvalue weighted by molar-refractivity contribution is 6.05. The standard InChI is InChI=1S/C21H19N3O2/c1-14-6-3-4-8-16(14)13-24-17-9-11-26-19(17)12-18(24)21(25)23-20-15(2)7-5-10-22-20/h3-12H,13H2,1-2H3,(H,22,23,25). The normalized spacial score (nSPS) is 11.0. The third-order valence-corrected chi connectivity index (χ3v) is 4.59. The second-order valence-corrected chi connectivity index (χ2v) is 6.34. The highest BCUT2D eigenvalue weighted by Gasteiger charge is 2.19. The van der Waals surface area contributed by atoms with Gasteiger partial charge >= 0.3 is 0 Å². The minimum absolute atomic E-state index is 0.202. The molecule has 4 rings (SSSR count). The molecule has 4 aromatic rings. The molecule has 0 aliphatic rings. The number of furan rings is 1. The van der Waals surface area contributed by atoms with Crippen molar-refractivity contribution in [1.29, 1.82) is 0 Å². The average molecular weight is 345 g/mol. The fourth-order valence-corrected chi connectivity index (χ4v) is 3.08. The van der Waals surface area contributed by atoms with Crippen LogP contribution in [-0.2, 0) is 6.54 Å². The molecule has 1 aromatic carbocycles. The molecule has 0 radical (unpaired) electrons. The first-order valence-electron chi connectivity index (χ1n) is 8.47. The Hall–Kier alpha value is -3.34. The number of benzene rings is 1. The maximum atomic E-state index is 12.9. The Kier molecular flexibility index (Phi) is 4.05. The van der Waals surface area contributed by atoms with Crippen molar-refractivity contribution in [2.45, 2.75) is 20.4 Å². The maximum Gasteiger partial charge on any atom is 0.273 e. The van der Waals surface area contributed by atoms with Gasteiger partial charge in [0.25, 0.3) is 5.91 Å². The number of aromatic nitrogens is 2. The van der Waals surface area contributed by atoms with Gasteiger partial charge in [0.05, 0.1) is 11.8 Å². The number of amides is 1. The number of hydrogen-bond acceptors (Lipinski definition) is 3. The lowest BCUT2D eigenvalue weighted by molar-refractivity contribution is 0.101. The summed E-state index contributed by atoms with van der Waals surface area (Å²) < 4.78 is 7.50. The molecule has 26 heavy (non-hydrogen) atoms. The fourth-order valence-electron chi connectivity index (χ4n) is 3.08. The summed E-state index contributed by atoms with van der Waals surface area (Å²) in [5, 5.41) is 2.91. The van der Waals surface area contributed by atoms with Crippen LogP contribution in [0.3, 0.4) is 0 Å². The van der Waals surface area contributed by atoms with E-state index >= 15 is 0 Å². The molecule has 0 aliphatic heterocycles. The molecule has 5 nitrogen and oxygen atoms in total. The van der Waals surface area contributed by atoms with E-state index in [-0.39, 0.29) is 5.91 Å². The van der Waals surface area contributed by atoms with Gasteiger partial charge in [-0.25, -0.2) is 4.98 Å². The zero-order chi connectivity index (χ0) is 18.1. The summed E-state index contributed by atoms with van der Waals surface area (Å²) in [5.74, 6) is 0.365.